The van der Waals surface area contributed by atoms with E-state index >= 15 is 0 Å². The van der Waals surface area contributed by atoms with Crippen molar-refractivity contribution in [1.29, 1.82) is 0 Å². The first kappa shape index (κ1) is 11.6. The van der Waals surface area contributed by atoms with Crippen LogP contribution >= 0.6 is 0 Å². The molecule has 0 amide bonds. The largest absolute Gasteiger partial charge is 0.394 e. The van der Waals surface area contributed by atoms with Gasteiger partial charge in [0.05, 0.1) is 40.5 Å². The third kappa shape index (κ3) is 6.34. The van der Waals surface area contributed by atoms with Gasteiger partial charge in [-0.2, -0.15) is 0 Å². The van der Waals surface area contributed by atoms with E-state index in [1.54, 1.807) is 0 Å². The van der Waals surface area contributed by atoms with Crippen LogP contribution in [0.5, 0.6) is 0 Å². The number of likely N-dealkylation sites (N-methyl/N-ethyl adjacent to an activating group) is 1. The van der Waals surface area contributed by atoms with Gasteiger partial charge in [-0.05, 0) is 6.08 Å². The number of hydrogen-bond acceptors (Lipinski definition) is 2. The Morgan fingerprint density at radius 3 is 2.58 bits per heavy atom. The fourth-order valence-corrected chi connectivity index (χ4v) is 0.919. The van der Waals surface area contributed by atoms with E-state index in [4.69, 9.17) is 9.84 Å². The standard InChI is InChI=1S/C9H20NO2/c1-4-5-10(2,3)6-8-12-9-7-11/h4,11H,1,5-9H2,2-3H3/q+1. The summed E-state index contributed by atoms with van der Waals surface area (Å²) in [4.78, 5) is 0. The van der Waals surface area contributed by atoms with Crippen LogP contribution in [0.15, 0.2) is 12.7 Å². The second kappa shape index (κ2) is 6.17. The molecule has 0 aromatic rings. The second-order valence-electron chi connectivity index (χ2n) is 3.47. The Balaban J connectivity index is 3.39. The van der Waals surface area contributed by atoms with Crippen molar-refractivity contribution >= 4 is 0 Å². The van der Waals surface area contributed by atoms with Gasteiger partial charge in [-0.15, -0.1) is 0 Å². The molecule has 3 nitrogen and oxygen atoms in total. The summed E-state index contributed by atoms with van der Waals surface area (Å²) >= 11 is 0. The average molecular weight is 174 g/mol. The molecule has 0 bridgehead atoms. The van der Waals surface area contributed by atoms with Crippen LogP contribution in [0.3, 0.4) is 0 Å². The minimum atomic E-state index is 0.106. The third-order valence-corrected chi connectivity index (χ3v) is 1.70. The Kier molecular flexibility index (Phi) is 5.98. The topological polar surface area (TPSA) is 29.5 Å². The van der Waals surface area contributed by atoms with Crippen LogP contribution in [0.25, 0.3) is 0 Å². The highest BCUT2D eigenvalue weighted by Crippen LogP contribution is 1.95. The van der Waals surface area contributed by atoms with Crippen LogP contribution in [-0.4, -0.2) is 56.6 Å². The predicted octanol–water partition coefficient (Wildman–Crippen LogP) is 0.258. The lowest BCUT2D eigenvalue weighted by molar-refractivity contribution is -0.884. The molecule has 0 aliphatic heterocycles. The zero-order valence-corrected chi connectivity index (χ0v) is 8.12. The molecule has 0 radical (unpaired) electrons. The Morgan fingerprint density at radius 2 is 2.08 bits per heavy atom. The Hall–Kier alpha value is -0.380. The normalized spacial score (nSPS) is 11.6. The number of aliphatic hydroxyl groups excluding tert-OH is 1. The van der Waals surface area contributed by atoms with Crippen LogP contribution in [0.2, 0.25) is 0 Å². The van der Waals surface area contributed by atoms with Gasteiger partial charge in [-0.3, -0.25) is 0 Å². The van der Waals surface area contributed by atoms with E-state index in [0.29, 0.717) is 13.2 Å². The van der Waals surface area contributed by atoms with Crippen molar-refractivity contribution < 1.29 is 14.3 Å². The minimum Gasteiger partial charge on any atom is -0.394 e. The monoisotopic (exact) mass is 174 g/mol. The predicted molar refractivity (Wildman–Crippen MR) is 49.9 cm³/mol. The van der Waals surface area contributed by atoms with Crippen molar-refractivity contribution in [2.24, 2.45) is 0 Å². The summed E-state index contributed by atoms with van der Waals surface area (Å²) in [5, 5.41) is 8.45. The van der Waals surface area contributed by atoms with Gasteiger partial charge in [-0.1, -0.05) is 6.58 Å². The van der Waals surface area contributed by atoms with Gasteiger partial charge in [0.1, 0.15) is 6.54 Å². The number of rotatable bonds is 7. The number of nitrogens with zero attached hydrogens (tertiary/aromatic N) is 1. The van der Waals surface area contributed by atoms with Gasteiger partial charge in [0, 0.05) is 0 Å². The molecule has 0 saturated carbocycles. The van der Waals surface area contributed by atoms with Crippen LogP contribution in [0, 0.1) is 0 Å². The molecule has 0 aromatic heterocycles. The number of quaternary nitrogens is 1. The van der Waals surface area contributed by atoms with Crippen LogP contribution < -0.4 is 0 Å². The molecular weight excluding hydrogens is 154 g/mol. The summed E-state index contributed by atoms with van der Waals surface area (Å²) < 4.78 is 6.05. The fourth-order valence-electron chi connectivity index (χ4n) is 0.919. The third-order valence-electron chi connectivity index (χ3n) is 1.70. The van der Waals surface area contributed by atoms with Crippen LogP contribution in [-0.2, 0) is 4.74 Å². The summed E-state index contributed by atoms with van der Waals surface area (Å²) in [6.07, 6.45) is 1.91. The first-order valence-electron chi connectivity index (χ1n) is 4.24. The van der Waals surface area contributed by atoms with E-state index < -0.39 is 0 Å². The quantitative estimate of drug-likeness (QED) is 0.341. The number of aliphatic hydroxyl groups is 1. The molecule has 3 heteroatoms. The fraction of sp³-hybridized carbons (Fsp3) is 0.778. The van der Waals surface area contributed by atoms with Gasteiger partial charge in [0.2, 0.25) is 0 Å². The molecule has 0 atom stereocenters. The molecule has 0 fully saturated rings. The maximum atomic E-state index is 8.45. The van der Waals surface area contributed by atoms with E-state index in [1.165, 1.54) is 0 Å². The lowest BCUT2D eigenvalue weighted by atomic mass is 10.4. The van der Waals surface area contributed by atoms with Crippen molar-refractivity contribution in [2.45, 2.75) is 0 Å². The molecule has 0 aliphatic carbocycles. The average Bonchev–Trinajstić information content (AvgIpc) is 1.98. The smallest absolute Gasteiger partial charge is 0.102 e. The molecule has 12 heavy (non-hydrogen) atoms. The van der Waals surface area contributed by atoms with Crippen molar-refractivity contribution in [3.05, 3.63) is 12.7 Å². The Labute approximate surface area is 74.8 Å². The van der Waals surface area contributed by atoms with Gasteiger partial charge in [-0.25, -0.2) is 0 Å². The zero-order chi connectivity index (χ0) is 9.45. The van der Waals surface area contributed by atoms with Crippen molar-refractivity contribution in [3.63, 3.8) is 0 Å². The highest BCUT2D eigenvalue weighted by Gasteiger charge is 2.11. The van der Waals surface area contributed by atoms with E-state index in [-0.39, 0.29) is 6.61 Å². The summed E-state index contributed by atoms with van der Waals surface area (Å²) in [7, 11) is 4.26. The SMILES string of the molecule is C=CC[N+](C)(C)CCOCCO. The lowest BCUT2D eigenvalue weighted by Crippen LogP contribution is -2.42. The maximum Gasteiger partial charge on any atom is 0.102 e. The highest BCUT2D eigenvalue weighted by molar-refractivity contribution is 4.64. The maximum absolute atomic E-state index is 8.45. The number of hydrogen-bond donors (Lipinski definition) is 1. The summed E-state index contributed by atoms with van der Waals surface area (Å²) in [6, 6.07) is 0. The molecule has 0 rings (SSSR count). The molecule has 0 spiro atoms. The Morgan fingerprint density at radius 1 is 1.42 bits per heavy atom. The van der Waals surface area contributed by atoms with Gasteiger partial charge in [0.25, 0.3) is 0 Å². The summed E-state index contributed by atoms with van der Waals surface area (Å²) in [5.41, 5.74) is 0. The molecule has 1 N–H and O–H groups in total. The molecule has 0 heterocycles. The van der Waals surface area contributed by atoms with E-state index in [0.717, 1.165) is 17.6 Å². The van der Waals surface area contributed by atoms with Crippen molar-refractivity contribution in [3.8, 4) is 0 Å². The lowest BCUT2D eigenvalue weighted by Gasteiger charge is -2.27. The second-order valence-corrected chi connectivity index (χ2v) is 3.47. The molecule has 0 saturated heterocycles. The molecule has 0 unspecified atom stereocenters. The Bertz CT molecular complexity index is 124. The van der Waals surface area contributed by atoms with Gasteiger partial charge in [0.15, 0.2) is 0 Å². The van der Waals surface area contributed by atoms with Gasteiger partial charge < -0.3 is 14.3 Å². The minimum absolute atomic E-state index is 0.106. The molecule has 0 aliphatic rings. The number of ether oxygens (including phenoxy) is 1. The first-order valence-corrected chi connectivity index (χ1v) is 4.24. The van der Waals surface area contributed by atoms with Crippen molar-refractivity contribution in [2.75, 3.05) is 47.0 Å². The highest BCUT2D eigenvalue weighted by atomic mass is 16.5. The van der Waals surface area contributed by atoms with E-state index in [1.807, 2.05) is 6.08 Å². The van der Waals surface area contributed by atoms with Crippen LogP contribution in [0.1, 0.15) is 0 Å². The summed E-state index contributed by atoms with van der Waals surface area (Å²) in [5.74, 6) is 0. The van der Waals surface area contributed by atoms with Gasteiger partial charge >= 0.3 is 0 Å². The van der Waals surface area contributed by atoms with E-state index in [2.05, 4.69) is 20.7 Å². The van der Waals surface area contributed by atoms with E-state index in [9.17, 15) is 0 Å². The molecular formula is C9H20NO2+. The zero-order valence-electron chi connectivity index (χ0n) is 8.12. The molecule has 72 valence electrons. The van der Waals surface area contributed by atoms with Crippen molar-refractivity contribution in [1.82, 2.24) is 0 Å². The molecule has 0 aromatic carbocycles. The van der Waals surface area contributed by atoms with Crippen LogP contribution in [0.4, 0.5) is 0 Å². The first-order chi connectivity index (χ1) is 5.62. The summed E-state index contributed by atoms with van der Waals surface area (Å²) in [6.45, 7) is 6.83.